The van der Waals surface area contributed by atoms with Gasteiger partial charge >= 0.3 is 0 Å². The van der Waals surface area contributed by atoms with Crippen LogP contribution in [0.2, 0.25) is 0 Å². The predicted octanol–water partition coefficient (Wildman–Crippen LogP) is 11.9. The van der Waals surface area contributed by atoms with Gasteiger partial charge in [-0.05, 0) is 50.7 Å². The molecule has 0 saturated heterocycles. The molecule has 10 aromatic rings. The van der Waals surface area contributed by atoms with Gasteiger partial charge in [0.1, 0.15) is 11.2 Å². The Kier molecular flexibility index (Phi) is 6.15. The molecule has 0 aliphatic rings. The van der Waals surface area contributed by atoms with Crippen LogP contribution in [0.3, 0.4) is 0 Å². The zero-order valence-electron chi connectivity index (χ0n) is 26.3. The van der Waals surface area contributed by atoms with Crippen LogP contribution in [-0.2, 0) is 0 Å². The van der Waals surface area contributed by atoms with E-state index in [0.29, 0.717) is 17.5 Å². The molecule has 0 N–H and O–H groups in total. The van der Waals surface area contributed by atoms with Crippen LogP contribution in [-0.4, -0.2) is 15.0 Å². The molecule has 0 aliphatic carbocycles. The maximum atomic E-state index is 6.83. The number of furan rings is 1. The van der Waals surface area contributed by atoms with E-state index in [4.69, 9.17) is 19.4 Å². The van der Waals surface area contributed by atoms with Gasteiger partial charge < -0.3 is 4.42 Å². The molecular formula is C45H27N3O. The van der Waals surface area contributed by atoms with Gasteiger partial charge in [-0.15, -0.1) is 0 Å². The van der Waals surface area contributed by atoms with E-state index >= 15 is 0 Å². The van der Waals surface area contributed by atoms with Crippen molar-refractivity contribution in [2.24, 2.45) is 0 Å². The lowest BCUT2D eigenvalue weighted by molar-refractivity contribution is 0.674. The van der Waals surface area contributed by atoms with E-state index in [1.54, 1.807) is 0 Å². The Balaban J connectivity index is 1.23. The number of para-hydroxylation sites is 1. The quantitative estimate of drug-likeness (QED) is 0.195. The average molecular weight is 626 g/mol. The zero-order valence-corrected chi connectivity index (χ0v) is 26.3. The van der Waals surface area contributed by atoms with Crippen molar-refractivity contribution in [1.82, 2.24) is 15.0 Å². The number of hydrogen-bond donors (Lipinski definition) is 0. The summed E-state index contributed by atoms with van der Waals surface area (Å²) in [5.41, 5.74) is 6.73. The van der Waals surface area contributed by atoms with Gasteiger partial charge in [0.05, 0.1) is 0 Å². The molecule has 0 amide bonds. The molecule has 2 heterocycles. The van der Waals surface area contributed by atoms with Crippen LogP contribution in [0, 0.1) is 0 Å². The Hall–Kier alpha value is -6.65. The minimum absolute atomic E-state index is 0.621. The molecule has 4 heteroatoms. The molecule has 0 fully saturated rings. The smallest absolute Gasteiger partial charge is 0.164 e. The first-order chi connectivity index (χ1) is 24.3. The molecule has 0 bridgehead atoms. The number of aromatic nitrogens is 3. The first kappa shape index (κ1) is 27.5. The zero-order chi connectivity index (χ0) is 32.3. The highest BCUT2D eigenvalue weighted by Gasteiger charge is 2.20. The lowest BCUT2D eigenvalue weighted by atomic mass is 9.97. The van der Waals surface area contributed by atoms with Crippen LogP contribution in [0.4, 0.5) is 0 Å². The molecule has 228 valence electrons. The summed E-state index contributed by atoms with van der Waals surface area (Å²) in [5, 5.41) is 8.86. The first-order valence-corrected chi connectivity index (χ1v) is 16.4. The highest BCUT2D eigenvalue weighted by Crippen LogP contribution is 2.42. The molecule has 8 aromatic carbocycles. The van der Waals surface area contributed by atoms with Gasteiger partial charge in [-0.3, -0.25) is 0 Å². The van der Waals surface area contributed by atoms with Crippen LogP contribution in [0.15, 0.2) is 168 Å². The van der Waals surface area contributed by atoms with Crippen LogP contribution in [0.25, 0.3) is 99.5 Å². The monoisotopic (exact) mass is 625 g/mol. The topological polar surface area (TPSA) is 51.8 Å². The summed E-state index contributed by atoms with van der Waals surface area (Å²) in [4.78, 5) is 15.3. The summed E-state index contributed by atoms with van der Waals surface area (Å²) in [6, 6.07) is 56.9. The second-order valence-electron chi connectivity index (χ2n) is 12.4. The van der Waals surface area contributed by atoms with Crippen LogP contribution >= 0.6 is 0 Å². The van der Waals surface area contributed by atoms with Crippen molar-refractivity contribution in [3.8, 4) is 45.3 Å². The van der Waals surface area contributed by atoms with Crippen molar-refractivity contribution in [2.75, 3.05) is 0 Å². The van der Waals surface area contributed by atoms with Crippen molar-refractivity contribution < 1.29 is 4.42 Å². The van der Waals surface area contributed by atoms with Gasteiger partial charge in [0.2, 0.25) is 0 Å². The summed E-state index contributed by atoms with van der Waals surface area (Å²) in [5.74, 6) is 1.89. The van der Waals surface area contributed by atoms with Crippen molar-refractivity contribution >= 4 is 54.3 Å². The van der Waals surface area contributed by atoms with Gasteiger partial charge in [-0.25, -0.2) is 15.0 Å². The highest BCUT2D eigenvalue weighted by molar-refractivity contribution is 6.20. The third-order valence-electron chi connectivity index (χ3n) is 9.48. The molecule has 0 spiro atoms. The second-order valence-corrected chi connectivity index (χ2v) is 12.4. The fourth-order valence-corrected chi connectivity index (χ4v) is 7.06. The molecule has 0 radical (unpaired) electrons. The molecule has 0 saturated carbocycles. The normalized spacial score (nSPS) is 11.7. The lowest BCUT2D eigenvalue weighted by Gasteiger charge is -2.11. The van der Waals surface area contributed by atoms with E-state index in [9.17, 15) is 0 Å². The Bertz CT molecular complexity index is 2890. The van der Waals surface area contributed by atoms with Gasteiger partial charge in [-0.1, -0.05) is 146 Å². The molecule has 10 rings (SSSR count). The first-order valence-electron chi connectivity index (χ1n) is 16.4. The van der Waals surface area contributed by atoms with E-state index in [1.807, 2.05) is 30.3 Å². The summed E-state index contributed by atoms with van der Waals surface area (Å²) < 4.78 is 6.83. The number of nitrogens with zero attached hydrogens (tertiary/aromatic N) is 3. The Labute approximate surface area is 282 Å². The van der Waals surface area contributed by atoms with Crippen LogP contribution < -0.4 is 0 Å². The van der Waals surface area contributed by atoms with Crippen LogP contribution in [0.5, 0.6) is 0 Å². The average Bonchev–Trinajstić information content (AvgIpc) is 3.56. The predicted molar refractivity (Wildman–Crippen MR) is 201 cm³/mol. The summed E-state index contributed by atoms with van der Waals surface area (Å²) in [6.45, 7) is 0. The standard InChI is InChI=1S/C45H27N3O/c1-2-13-30(14-3-1)43-46-44(34-24-22-29-12-5-7-16-32(29)26-34)48-45(47-43)40-27-39-38-20-10-19-35(33-23-21-28-11-4-6-15-31(28)25-33)41(38)49-42(39)37-18-9-8-17-36(37)40/h1-27H. The molecule has 2 aromatic heterocycles. The summed E-state index contributed by atoms with van der Waals surface area (Å²) in [6.07, 6.45) is 0. The Morgan fingerprint density at radius 2 is 0.857 bits per heavy atom. The highest BCUT2D eigenvalue weighted by atomic mass is 16.3. The number of rotatable bonds is 4. The largest absolute Gasteiger partial charge is 0.455 e. The minimum Gasteiger partial charge on any atom is -0.455 e. The maximum absolute atomic E-state index is 6.83. The summed E-state index contributed by atoms with van der Waals surface area (Å²) >= 11 is 0. The van der Waals surface area contributed by atoms with Crippen molar-refractivity contribution in [3.05, 3.63) is 164 Å². The van der Waals surface area contributed by atoms with Gasteiger partial charge in [0.15, 0.2) is 17.5 Å². The number of benzene rings is 8. The van der Waals surface area contributed by atoms with Gasteiger partial charge in [0.25, 0.3) is 0 Å². The van der Waals surface area contributed by atoms with E-state index in [2.05, 4.69) is 133 Å². The van der Waals surface area contributed by atoms with Gasteiger partial charge in [0, 0.05) is 38.4 Å². The minimum atomic E-state index is 0.621. The third-order valence-corrected chi connectivity index (χ3v) is 9.48. The van der Waals surface area contributed by atoms with Crippen LogP contribution in [0.1, 0.15) is 0 Å². The van der Waals surface area contributed by atoms with Crippen molar-refractivity contribution in [1.29, 1.82) is 0 Å². The molecule has 49 heavy (non-hydrogen) atoms. The third kappa shape index (κ3) is 4.57. The maximum Gasteiger partial charge on any atom is 0.164 e. The molecular weight excluding hydrogens is 599 g/mol. The SMILES string of the molecule is c1ccc(-c2nc(-c3ccc4ccccc4c3)nc(-c3cc4c5cccc(-c6ccc7ccccc7c6)c5oc4c4ccccc34)n2)cc1. The van der Waals surface area contributed by atoms with E-state index < -0.39 is 0 Å². The fourth-order valence-electron chi connectivity index (χ4n) is 7.06. The van der Waals surface area contributed by atoms with Crippen molar-refractivity contribution in [2.45, 2.75) is 0 Å². The molecule has 0 aliphatic heterocycles. The molecule has 4 nitrogen and oxygen atoms in total. The Morgan fingerprint density at radius 1 is 0.306 bits per heavy atom. The lowest BCUT2D eigenvalue weighted by Crippen LogP contribution is -2.00. The van der Waals surface area contributed by atoms with E-state index in [0.717, 1.165) is 65.9 Å². The van der Waals surface area contributed by atoms with Crippen molar-refractivity contribution in [3.63, 3.8) is 0 Å². The fraction of sp³-hybridized carbons (Fsp3) is 0. The second kappa shape index (κ2) is 11.0. The molecule has 0 unspecified atom stereocenters. The van der Waals surface area contributed by atoms with E-state index in [1.165, 1.54) is 16.2 Å². The summed E-state index contributed by atoms with van der Waals surface area (Å²) in [7, 11) is 0. The van der Waals surface area contributed by atoms with Gasteiger partial charge in [-0.2, -0.15) is 0 Å². The molecule has 0 atom stereocenters. The Morgan fingerprint density at radius 3 is 1.61 bits per heavy atom. The number of hydrogen-bond acceptors (Lipinski definition) is 4. The van der Waals surface area contributed by atoms with E-state index in [-0.39, 0.29) is 0 Å². The number of fused-ring (bicyclic) bond motifs is 7.